The zero-order chi connectivity index (χ0) is 19.3. The highest BCUT2D eigenvalue weighted by molar-refractivity contribution is 7.73. The van der Waals surface area contributed by atoms with Gasteiger partial charge in [-0.1, -0.05) is 19.3 Å². The van der Waals surface area contributed by atoms with Gasteiger partial charge in [-0.3, -0.25) is 9.59 Å². The first-order valence-electron chi connectivity index (χ1n) is 9.21. The highest BCUT2D eigenvalue weighted by atomic mass is 31.2. The molecule has 5 nitrogen and oxygen atoms in total. The quantitative estimate of drug-likeness (QED) is 0.189. The molecule has 6 heteroatoms. The number of unbranched alkanes of at least 4 members (excludes halogenated alkanes) is 5. The number of esters is 2. The highest BCUT2D eigenvalue weighted by Gasteiger charge is 2.36. The van der Waals surface area contributed by atoms with Gasteiger partial charge >= 0.3 is 11.9 Å². The van der Waals surface area contributed by atoms with E-state index in [9.17, 15) is 9.59 Å². The van der Waals surface area contributed by atoms with Crippen molar-refractivity contribution in [1.29, 1.82) is 0 Å². The van der Waals surface area contributed by atoms with Crippen LogP contribution >= 0.6 is 7.26 Å². The van der Waals surface area contributed by atoms with E-state index in [0.717, 1.165) is 12.8 Å². The molecule has 0 aromatic rings. The van der Waals surface area contributed by atoms with Crippen LogP contribution in [0.25, 0.3) is 0 Å². The van der Waals surface area contributed by atoms with Crippen molar-refractivity contribution < 1.29 is 23.8 Å². The number of methoxy groups -OCH3 is 1. The minimum Gasteiger partial charge on any atom is -0.465 e. The summed E-state index contributed by atoms with van der Waals surface area (Å²) in [6.07, 6.45) is 8.39. The van der Waals surface area contributed by atoms with Crippen molar-refractivity contribution in [2.24, 2.45) is 5.41 Å². The Morgan fingerprint density at radius 2 is 1.42 bits per heavy atom. The van der Waals surface area contributed by atoms with Crippen LogP contribution in [0.2, 0.25) is 0 Å². The average Bonchev–Trinajstić information content (AvgIpc) is 2.50. The molecular formula is C20H41O5P. The molecule has 0 N–H and O–H groups in total. The van der Waals surface area contributed by atoms with Crippen molar-refractivity contribution >= 4 is 19.2 Å². The first kappa shape index (κ1) is 27.5. The molecule has 0 aromatic carbocycles. The van der Waals surface area contributed by atoms with E-state index in [1.807, 2.05) is 0 Å². The molecular weight excluding hydrogens is 351 g/mol. The number of hydrogen-bond donors (Lipinski definition) is 0. The van der Waals surface area contributed by atoms with Gasteiger partial charge in [-0.25, -0.2) is 0 Å². The van der Waals surface area contributed by atoms with Gasteiger partial charge in [0.25, 0.3) is 0 Å². The van der Waals surface area contributed by atoms with Gasteiger partial charge in [0, 0.05) is 41.3 Å². The molecule has 0 fully saturated rings. The van der Waals surface area contributed by atoms with Crippen molar-refractivity contribution in [1.82, 2.24) is 0 Å². The summed E-state index contributed by atoms with van der Waals surface area (Å²) in [6, 6.07) is 0. The largest absolute Gasteiger partial charge is 0.465 e. The fourth-order valence-electron chi connectivity index (χ4n) is 2.47. The molecule has 0 saturated carbocycles. The van der Waals surface area contributed by atoms with E-state index in [1.165, 1.54) is 45.9 Å². The number of hydrogen-bond acceptors (Lipinski definition) is 5. The minimum absolute atomic E-state index is 0. The predicted octanol–water partition coefficient (Wildman–Crippen LogP) is 4.44. The number of carbonyl (C=O) groups is 2. The van der Waals surface area contributed by atoms with E-state index in [1.54, 1.807) is 6.92 Å². The van der Waals surface area contributed by atoms with Crippen LogP contribution in [0, 0.1) is 12.8 Å². The Morgan fingerprint density at radius 1 is 0.885 bits per heavy atom. The molecule has 0 amide bonds. The van der Waals surface area contributed by atoms with Crippen LogP contribution < -0.4 is 0 Å². The summed E-state index contributed by atoms with van der Waals surface area (Å²) in [5, 5.41) is 0. The Labute approximate surface area is 161 Å². The molecule has 26 heavy (non-hydrogen) atoms. The van der Waals surface area contributed by atoms with Gasteiger partial charge in [0.05, 0.1) is 19.4 Å². The Kier molecular flexibility index (Phi) is 15.3. The molecule has 0 aliphatic heterocycles. The second kappa shape index (κ2) is 14.4. The van der Waals surface area contributed by atoms with Crippen molar-refractivity contribution in [2.75, 3.05) is 53.1 Å². The first-order chi connectivity index (χ1) is 11.6. The maximum atomic E-state index is 12.2. The molecule has 0 aromatic heterocycles. The fourth-order valence-corrected chi connectivity index (χ4v) is 3.65. The Bertz CT molecular complexity index is 392. The smallest absolute Gasteiger partial charge is 0.317 e. The second-order valence-electron chi connectivity index (χ2n) is 8.05. The maximum Gasteiger partial charge on any atom is 0.317 e. The van der Waals surface area contributed by atoms with Gasteiger partial charge in [0.15, 0.2) is 0 Å². The Hall–Kier alpha value is -0.670. The Morgan fingerprint density at radius 3 is 1.92 bits per heavy atom. The van der Waals surface area contributed by atoms with Crippen molar-refractivity contribution in [3.05, 3.63) is 7.43 Å². The Balaban J connectivity index is 0. The molecule has 1 atom stereocenters. The van der Waals surface area contributed by atoms with E-state index in [-0.39, 0.29) is 26.6 Å². The number of carbonyl (C=O) groups excluding carboxylic acids is 2. The lowest BCUT2D eigenvalue weighted by atomic mass is 9.93. The van der Waals surface area contributed by atoms with E-state index >= 15 is 0 Å². The number of ether oxygens (including phenoxy) is 3. The third-order valence-electron chi connectivity index (χ3n) is 4.01. The molecule has 0 rings (SSSR count). The third kappa shape index (κ3) is 14.5. The van der Waals surface area contributed by atoms with E-state index in [0.29, 0.717) is 6.61 Å². The third-order valence-corrected chi connectivity index (χ3v) is 5.66. The van der Waals surface area contributed by atoms with Crippen LogP contribution in [0.1, 0.15) is 52.4 Å². The van der Waals surface area contributed by atoms with E-state index in [2.05, 4.69) is 20.0 Å². The monoisotopic (exact) mass is 392 g/mol. The van der Waals surface area contributed by atoms with Gasteiger partial charge in [-0.15, -0.1) is 0 Å². The van der Waals surface area contributed by atoms with Crippen LogP contribution in [-0.4, -0.2) is 65.0 Å². The van der Waals surface area contributed by atoms with Gasteiger partial charge in [-0.2, -0.15) is 0 Å². The van der Waals surface area contributed by atoms with Crippen molar-refractivity contribution in [3.8, 4) is 0 Å². The molecule has 0 radical (unpaired) electrons. The topological polar surface area (TPSA) is 61.8 Å². The van der Waals surface area contributed by atoms with Crippen LogP contribution in [0.4, 0.5) is 0 Å². The van der Waals surface area contributed by atoms with Crippen LogP contribution in [-0.2, 0) is 23.8 Å². The maximum absolute atomic E-state index is 12.2. The summed E-state index contributed by atoms with van der Waals surface area (Å²) in [5.41, 5.74) is -0.948. The lowest BCUT2D eigenvalue weighted by Crippen LogP contribution is -2.39. The van der Waals surface area contributed by atoms with Crippen LogP contribution in [0.5, 0.6) is 0 Å². The summed E-state index contributed by atoms with van der Waals surface area (Å²) in [5.74, 6) is -0.784. The summed E-state index contributed by atoms with van der Waals surface area (Å²) in [6.45, 7) is 10.7. The molecule has 0 aliphatic rings. The minimum atomic E-state index is -0.948. The van der Waals surface area contributed by atoms with Gasteiger partial charge < -0.3 is 21.6 Å². The van der Waals surface area contributed by atoms with Gasteiger partial charge in [-0.05, 0) is 26.2 Å². The lowest BCUT2D eigenvalue weighted by molar-refractivity contribution is -0.166. The zero-order valence-corrected chi connectivity index (χ0v) is 19.0. The normalized spacial score (nSPS) is 13.5. The summed E-state index contributed by atoms with van der Waals surface area (Å²) < 4.78 is 15.4. The van der Waals surface area contributed by atoms with Gasteiger partial charge in [0.2, 0.25) is 0 Å². The molecule has 0 aliphatic carbocycles. The lowest BCUT2D eigenvalue weighted by Gasteiger charge is -2.25. The standard InChI is InChI=1S/C19H38O5P.CH3/c1-17(20)24-16-19(2,15-22-3)18(21)23-13-11-9-7-8-10-12-14-25(4,5)6;/h7-16H2,1-6H3;1H3/q+1;-1. The second-order valence-corrected chi connectivity index (χ2v) is 13.1. The average molecular weight is 393 g/mol. The molecule has 0 spiro atoms. The van der Waals surface area contributed by atoms with Gasteiger partial charge in [0.1, 0.15) is 12.0 Å². The zero-order valence-electron chi connectivity index (χ0n) is 18.1. The molecule has 156 valence electrons. The van der Waals surface area contributed by atoms with Crippen LogP contribution in [0.3, 0.4) is 0 Å². The molecule has 0 saturated heterocycles. The predicted molar refractivity (Wildman–Crippen MR) is 111 cm³/mol. The summed E-state index contributed by atoms with van der Waals surface area (Å²) in [4.78, 5) is 23.2. The van der Waals surface area contributed by atoms with Crippen molar-refractivity contribution in [3.63, 3.8) is 0 Å². The molecule has 0 heterocycles. The van der Waals surface area contributed by atoms with E-state index in [4.69, 9.17) is 14.2 Å². The number of rotatable bonds is 14. The fraction of sp³-hybridized carbons (Fsp3) is 0.850. The van der Waals surface area contributed by atoms with E-state index < -0.39 is 18.6 Å². The summed E-state index contributed by atoms with van der Waals surface area (Å²) in [7, 11) is 0.889. The molecule has 1 unspecified atom stereocenters. The SMILES string of the molecule is COCC(C)(COC(C)=O)C(=O)OCCCCCCCC[P+](C)(C)C.[CH3-]. The van der Waals surface area contributed by atoms with Crippen molar-refractivity contribution in [2.45, 2.75) is 52.4 Å². The highest BCUT2D eigenvalue weighted by Crippen LogP contribution is 2.47. The van der Waals surface area contributed by atoms with Crippen LogP contribution in [0.15, 0.2) is 0 Å². The molecule has 0 bridgehead atoms. The summed E-state index contributed by atoms with van der Waals surface area (Å²) >= 11 is 0. The first-order valence-corrected chi connectivity index (χ1v) is 12.5.